The molecule has 4 aliphatic heterocycles. The van der Waals surface area contributed by atoms with E-state index < -0.39 is 46.3 Å². The number of fused-ring (bicyclic) bond motifs is 2. The zero-order valence-electron chi connectivity index (χ0n) is 24.2. The van der Waals surface area contributed by atoms with Crippen molar-refractivity contribution in [2.45, 2.75) is 63.3 Å². The third-order valence-electron chi connectivity index (χ3n) is 9.10. The maximum Gasteiger partial charge on any atom is 0.296 e. The molecule has 14 heteroatoms. The van der Waals surface area contributed by atoms with Crippen LogP contribution >= 0.6 is 0 Å². The minimum atomic E-state index is -1.08. The smallest absolute Gasteiger partial charge is 0.296 e. The third-order valence-corrected chi connectivity index (χ3v) is 9.10. The Kier molecular flexibility index (Phi) is 8.10. The number of carbonyl (C=O) groups excluding carboxylic acids is 4. The molecule has 1 aliphatic carbocycles. The van der Waals surface area contributed by atoms with Gasteiger partial charge in [-0.05, 0) is 62.1 Å². The molecule has 13 nitrogen and oxygen atoms in total. The average Bonchev–Trinajstić information content (AvgIpc) is 3.46. The molecule has 2 bridgehead atoms. The Labute approximate surface area is 252 Å². The van der Waals surface area contributed by atoms with Crippen molar-refractivity contribution >= 4 is 23.6 Å². The maximum atomic E-state index is 13.4. The molecule has 7 rings (SSSR count). The molecule has 4 amide bonds. The van der Waals surface area contributed by atoms with Gasteiger partial charge in [0.25, 0.3) is 17.4 Å². The first-order chi connectivity index (χ1) is 21.1. The lowest BCUT2D eigenvalue weighted by atomic mass is 9.77. The highest BCUT2D eigenvalue weighted by atomic mass is 19.1. The lowest BCUT2D eigenvalue weighted by Crippen LogP contribution is -2.58. The zero-order chi connectivity index (χ0) is 31.0. The molecule has 1 saturated carbocycles. The fraction of sp³-hybridized carbons (Fsp3) is 0.533. The van der Waals surface area contributed by atoms with Gasteiger partial charge in [-0.1, -0.05) is 12.1 Å². The molecule has 2 saturated heterocycles. The van der Waals surface area contributed by atoms with E-state index in [0.29, 0.717) is 57.4 Å². The van der Waals surface area contributed by atoms with Crippen LogP contribution in [-0.4, -0.2) is 87.0 Å². The summed E-state index contributed by atoms with van der Waals surface area (Å²) in [7, 11) is 0. The molecule has 3 fully saturated rings. The van der Waals surface area contributed by atoms with Gasteiger partial charge < -0.3 is 30.3 Å². The number of hydrogen-bond donors (Lipinski definition) is 3. The Morgan fingerprint density at radius 1 is 1.09 bits per heavy atom. The van der Waals surface area contributed by atoms with E-state index in [-0.39, 0.29) is 49.7 Å². The predicted octanol–water partition coefficient (Wildman–Crippen LogP) is 0.383. The van der Waals surface area contributed by atoms with Gasteiger partial charge in [0, 0.05) is 32.8 Å². The van der Waals surface area contributed by atoms with E-state index >= 15 is 0 Å². The van der Waals surface area contributed by atoms with Crippen LogP contribution in [0.1, 0.15) is 60.4 Å². The van der Waals surface area contributed by atoms with E-state index in [1.165, 1.54) is 38.6 Å². The van der Waals surface area contributed by atoms with Crippen LogP contribution in [0.3, 0.4) is 0 Å². The summed E-state index contributed by atoms with van der Waals surface area (Å²) in [6.07, 6.45) is 3.24. The van der Waals surface area contributed by atoms with Crippen LogP contribution in [0, 0.1) is 11.7 Å². The van der Waals surface area contributed by atoms with Crippen molar-refractivity contribution in [3.05, 3.63) is 57.5 Å². The molecule has 1 unspecified atom stereocenters. The van der Waals surface area contributed by atoms with Gasteiger partial charge in [0.2, 0.25) is 17.6 Å². The predicted molar refractivity (Wildman–Crippen MR) is 152 cm³/mol. The molecular formula is C30H35FN6O7. The number of piperazine rings is 1. The van der Waals surface area contributed by atoms with Crippen molar-refractivity contribution in [1.29, 1.82) is 0 Å². The number of ether oxygens (including phenoxy) is 1. The van der Waals surface area contributed by atoms with Crippen molar-refractivity contribution in [2.75, 3.05) is 32.8 Å². The highest BCUT2D eigenvalue weighted by molar-refractivity contribution is 5.94. The molecule has 1 aromatic heterocycles. The fourth-order valence-electron chi connectivity index (χ4n) is 6.64. The second-order valence-corrected chi connectivity index (χ2v) is 12.0. The summed E-state index contributed by atoms with van der Waals surface area (Å²) in [5.41, 5.74) is -1.69. The summed E-state index contributed by atoms with van der Waals surface area (Å²) in [5.74, 6) is -2.66. The van der Waals surface area contributed by atoms with Gasteiger partial charge in [0.15, 0.2) is 5.69 Å². The molecule has 1 aromatic carbocycles. The minimum Gasteiger partial charge on any atom is -0.501 e. The van der Waals surface area contributed by atoms with E-state index in [4.69, 9.17) is 4.74 Å². The quantitative estimate of drug-likeness (QED) is 0.405. The van der Waals surface area contributed by atoms with E-state index in [9.17, 15) is 33.5 Å². The monoisotopic (exact) mass is 610 g/mol. The van der Waals surface area contributed by atoms with Crippen LogP contribution in [0.25, 0.3) is 0 Å². The highest BCUT2D eigenvalue weighted by Crippen LogP contribution is 2.43. The van der Waals surface area contributed by atoms with Crippen molar-refractivity contribution in [3.8, 4) is 5.75 Å². The molecule has 2 aromatic rings. The van der Waals surface area contributed by atoms with Gasteiger partial charge in [-0.3, -0.25) is 28.5 Å². The normalized spacial score (nSPS) is 24.5. The number of benzene rings is 1. The van der Waals surface area contributed by atoms with Gasteiger partial charge >= 0.3 is 0 Å². The van der Waals surface area contributed by atoms with Gasteiger partial charge in [0.1, 0.15) is 17.7 Å². The number of aromatic nitrogens is 2. The number of hydrogen-bond acceptors (Lipinski definition) is 8. The topological polar surface area (TPSA) is 163 Å². The molecule has 44 heavy (non-hydrogen) atoms. The maximum absolute atomic E-state index is 13.4. The Bertz CT molecular complexity index is 1530. The number of carbonyl (C=O) groups is 4. The molecule has 0 radical (unpaired) electrons. The Morgan fingerprint density at radius 3 is 2.52 bits per heavy atom. The summed E-state index contributed by atoms with van der Waals surface area (Å²) in [5, 5.41) is 16.4. The van der Waals surface area contributed by atoms with Crippen molar-refractivity contribution < 1.29 is 33.4 Å². The van der Waals surface area contributed by atoms with Crippen LogP contribution in [0.5, 0.6) is 5.75 Å². The SMILES string of the molecule is O=C(CN1CCN(C(=O)C2CCCO2)CC1=O)NC12CCC(CC1)Cn1c2nc(C(=O)NCc2ccc(F)cc2)c(O)c1=O. The zero-order valence-corrected chi connectivity index (χ0v) is 24.2. The first kappa shape index (κ1) is 29.7. The standard InChI is InChI=1S/C30H35FN6O7/c31-20-5-3-18(4-6-20)14-32-26(41)24-25(40)28(43)37-15-19-7-9-30(10-8-19,29(37)33-24)34-22(38)16-35-11-12-36(17-23(35)39)27(42)21-2-1-13-44-21/h3-6,19,21,40H,1-2,7-17H2,(H,32,41)(H,34,38). The van der Waals surface area contributed by atoms with Crippen molar-refractivity contribution in [2.24, 2.45) is 5.92 Å². The van der Waals surface area contributed by atoms with Crippen molar-refractivity contribution in [3.63, 3.8) is 0 Å². The third kappa shape index (κ3) is 5.77. The van der Waals surface area contributed by atoms with E-state index in [1.54, 1.807) is 0 Å². The largest absolute Gasteiger partial charge is 0.501 e. The molecule has 1 atom stereocenters. The van der Waals surface area contributed by atoms with Crippen LogP contribution in [-0.2, 0) is 37.7 Å². The van der Waals surface area contributed by atoms with Crippen LogP contribution < -0.4 is 16.2 Å². The summed E-state index contributed by atoms with van der Waals surface area (Å²) in [4.78, 5) is 72.8. The number of nitrogens with one attached hydrogen (secondary N) is 2. The number of halogens is 1. The van der Waals surface area contributed by atoms with E-state index in [2.05, 4.69) is 15.6 Å². The van der Waals surface area contributed by atoms with Crippen LogP contribution in [0.2, 0.25) is 0 Å². The number of rotatable bonds is 7. The lowest BCUT2D eigenvalue weighted by molar-refractivity contribution is -0.151. The lowest BCUT2D eigenvalue weighted by Gasteiger charge is -2.39. The van der Waals surface area contributed by atoms with E-state index in [1.807, 2.05) is 0 Å². The molecule has 234 valence electrons. The number of aromatic hydroxyl groups is 1. The van der Waals surface area contributed by atoms with E-state index in [0.717, 1.165) is 6.42 Å². The van der Waals surface area contributed by atoms with Gasteiger partial charge in [-0.25, -0.2) is 9.37 Å². The van der Waals surface area contributed by atoms with Gasteiger partial charge in [-0.15, -0.1) is 0 Å². The highest BCUT2D eigenvalue weighted by Gasteiger charge is 2.46. The Balaban J connectivity index is 1.18. The molecule has 5 heterocycles. The van der Waals surface area contributed by atoms with Gasteiger partial charge in [-0.2, -0.15) is 0 Å². The molecular weight excluding hydrogens is 575 g/mol. The summed E-state index contributed by atoms with van der Waals surface area (Å²) in [6, 6.07) is 5.52. The second kappa shape index (κ2) is 12.0. The average molecular weight is 611 g/mol. The van der Waals surface area contributed by atoms with Crippen molar-refractivity contribution in [1.82, 2.24) is 30.0 Å². The molecule has 3 N–H and O–H groups in total. The fourth-order valence-corrected chi connectivity index (χ4v) is 6.64. The van der Waals surface area contributed by atoms with Crippen LogP contribution in [0.4, 0.5) is 4.39 Å². The molecule has 5 aliphatic rings. The minimum absolute atomic E-state index is 0.0170. The summed E-state index contributed by atoms with van der Waals surface area (Å²) < 4.78 is 20.1. The van der Waals surface area contributed by atoms with Gasteiger partial charge in [0.05, 0.1) is 18.6 Å². The second-order valence-electron chi connectivity index (χ2n) is 12.0. The molecule has 0 spiro atoms. The number of nitrogens with zero attached hydrogens (tertiary/aromatic N) is 4. The summed E-state index contributed by atoms with van der Waals surface area (Å²) in [6.45, 7) is 0.957. The first-order valence-corrected chi connectivity index (χ1v) is 15.0. The Hall–Kier alpha value is -4.33. The Morgan fingerprint density at radius 2 is 1.84 bits per heavy atom. The number of amides is 4. The summed E-state index contributed by atoms with van der Waals surface area (Å²) >= 11 is 0. The van der Waals surface area contributed by atoms with Crippen LogP contribution in [0.15, 0.2) is 29.1 Å². The first-order valence-electron chi connectivity index (χ1n) is 15.0.